The van der Waals surface area contributed by atoms with E-state index in [0.717, 1.165) is 11.1 Å². The number of hydrogen-bond donors (Lipinski definition) is 4. The van der Waals surface area contributed by atoms with Crippen LogP contribution in [-0.4, -0.2) is 22.0 Å². The first-order valence-corrected chi connectivity index (χ1v) is 8.65. The third-order valence-electron chi connectivity index (χ3n) is 4.30. The molecule has 6 nitrogen and oxygen atoms in total. The Morgan fingerprint density at radius 2 is 1.11 bits per heavy atom. The van der Waals surface area contributed by atoms with Crippen molar-refractivity contribution in [3.63, 3.8) is 0 Å². The van der Waals surface area contributed by atoms with Gasteiger partial charge in [0, 0.05) is 22.5 Å². The van der Waals surface area contributed by atoms with Gasteiger partial charge in [0.25, 0.3) is 11.8 Å². The number of rotatable bonds is 4. The van der Waals surface area contributed by atoms with Gasteiger partial charge >= 0.3 is 0 Å². The molecule has 28 heavy (non-hydrogen) atoms. The van der Waals surface area contributed by atoms with Gasteiger partial charge in [0.1, 0.15) is 11.5 Å². The van der Waals surface area contributed by atoms with Crippen LogP contribution in [0.1, 0.15) is 31.8 Å². The summed E-state index contributed by atoms with van der Waals surface area (Å²) in [4.78, 5) is 25.1. The van der Waals surface area contributed by atoms with Crippen LogP contribution in [-0.2, 0) is 0 Å². The largest absolute Gasteiger partial charge is 0.508 e. The molecule has 0 saturated carbocycles. The third kappa shape index (κ3) is 4.29. The topological polar surface area (TPSA) is 98.7 Å². The van der Waals surface area contributed by atoms with E-state index in [0.29, 0.717) is 22.5 Å². The number of phenols is 2. The fourth-order valence-corrected chi connectivity index (χ4v) is 2.77. The van der Waals surface area contributed by atoms with Crippen LogP contribution in [0.2, 0.25) is 0 Å². The standard InChI is InChI=1S/C22H20N2O4/c1-13-10-17(25)6-8-19(13)23-21(27)15-4-3-5-16(12-15)22(28)24-20-9-7-18(26)11-14(20)2/h3-12,25-26H,1-2H3,(H,23,27)(H,24,28). The van der Waals surface area contributed by atoms with Gasteiger partial charge in [-0.05, 0) is 79.6 Å². The molecule has 0 heterocycles. The zero-order valence-electron chi connectivity index (χ0n) is 15.5. The van der Waals surface area contributed by atoms with Crippen LogP contribution < -0.4 is 10.6 Å². The second-order valence-corrected chi connectivity index (χ2v) is 6.49. The molecule has 0 aromatic heterocycles. The second kappa shape index (κ2) is 7.84. The second-order valence-electron chi connectivity index (χ2n) is 6.49. The third-order valence-corrected chi connectivity index (χ3v) is 4.30. The van der Waals surface area contributed by atoms with Crippen LogP contribution >= 0.6 is 0 Å². The maximum atomic E-state index is 12.5. The summed E-state index contributed by atoms with van der Waals surface area (Å²) in [5.41, 5.74) is 3.29. The van der Waals surface area contributed by atoms with E-state index < -0.39 is 0 Å². The molecule has 142 valence electrons. The monoisotopic (exact) mass is 376 g/mol. The highest BCUT2D eigenvalue weighted by Gasteiger charge is 2.13. The fraction of sp³-hybridized carbons (Fsp3) is 0.0909. The quantitative estimate of drug-likeness (QED) is 0.512. The number of hydrogen-bond acceptors (Lipinski definition) is 4. The molecule has 0 aliphatic rings. The smallest absolute Gasteiger partial charge is 0.255 e. The minimum absolute atomic E-state index is 0.124. The van der Waals surface area contributed by atoms with Crippen LogP contribution in [0, 0.1) is 13.8 Å². The molecule has 3 aromatic rings. The van der Waals surface area contributed by atoms with Gasteiger partial charge in [0.15, 0.2) is 0 Å². The van der Waals surface area contributed by atoms with Gasteiger partial charge < -0.3 is 20.8 Å². The van der Waals surface area contributed by atoms with E-state index in [2.05, 4.69) is 10.6 Å². The molecule has 3 aromatic carbocycles. The van der Waals surface area contributed by atoms with Crippen molar-refractivity contribution < 1.29 is 19.8 Å². The van der Waals surface area contributed by atoms with Gasteiger partial charge in [0.05, 0.1) is 0 Å². The van der Waals surface area contributed by atoms with E-state index in [1.807, 2.05) is 0 Å². The Kier molecular flexibility index (Phi) is 5.31. The molecular formula is C22H20N2O4. The van der Waals surface area contributed by atoms with Crippen molar-refractivity contribution in [2.45, 2.75) is 13.8 Å². The molecule has 0 atom stereocenters. The fourth-order valence-electron chi connectivity index (χ4n) is 2.77. The maximum Gasteiger partial charge on any atom is 0.255 e. The van der Waals surface area contributed by atoms with Crippen molar-refractivity contribution in [1.82, 2.24) is 0 Å². The first-order chi connectivity index (χ1) is 13.3. The van der Waals surface area contributed by atoms with Gasteiger partial charge in [-0.3, -0.25) is 9.59 Å². The molecule has 6 heteroatoms. The lowest BCUT2D eigenvalue weighted by molar-refractivity contribution is 0.102. The van der Waals surface area contributed by atoms with Crippen LogP contribution in [0.15, 0.2) is 60.7 Å². The first-order valence-electron chi connectivity index (χ1n) is 8.65. The van der Waals surface area contributed by atoms with Gasteiger partial charge in [-0.25, -0.2) is 0 Å². The molecule has 0 bridgehead atoms. The van der Waals surface area contributed by atoms with Crippen molar-refractivity contribution in [2.24, 2.45) is 0 Å². The Balaban J connectivity index is 1.77. The summed E-state index contributed by atoms with van der Waals surface area (Å²) >= 11 is 0. The highest BCUT2D eigenvalue weighted by Crippen LogP contribution is 2.22. The molecule has 0 radical (unpaired) electrons. The van der Waals surface area contributed by atoms with Gasteiger partial charge in [-0.2, -0.15) is 0 Å². The van der Waals surface area contributed by atoms with Gasteiger partial charge in [-0.15, -0.1) is 0 Å². The van der Waals surface area contributed by atoms with Crippen LogP contribution in [0.25, 0.3) is 0 Å². The van der Waals surface area contributed by atoms with E-state index in [9.17, 15) is 19.8 Å². The van der Waals surface area contributed by atoms with Gasteiger partial charge in [0.2, 0.25) is 0 Å². The number of aromatic hydroxyl groups is 2. The number of phenolic OH excluding ortho intramolecular Hbond substituents is 2. The van der Waals surface area contributed by atoms with Crippen molar-refractivity contribution in [1.29, 1.82) is 0 Å². The Bertz CT molecular complexity index is 979. The van der Waals surface area contributed by atoms with Crippen LogP contribution in [0.4, 0.5) is 11.4 Å². The average molecular weight is 376 g/mol. The molecular weight excluding hydrogens is 356 g/mol. The predicted octanol–water partition coefficient (Wildman–Crippen LogP) is 4.22. The van der Waals surface area contributed by atoms with Crippen molar-refractivity contribution in [3.8, 4) is 11.5 Å². The van der Waals surface area contributed by atoms with E-state index in [-0.39, 0.29) is 23.3 Å². The Hall–Kier alpha value is -3.80. The SMILES string of the molecule is Cc1cc(O)ccc1NC(=O)c1cccc(C(=O)Nc2ccc(O)cc2C)c1. The Labute approximate surface area is 162 Å². The van der Waals surface area contributed by atoms with E-state index in [4.69, 9.17) is 0 Å². The zero-order chi connectivity index (χ0) is 20.3. The lowest BCUT2D eigenvalue weighted by atomic mass is 10.1. The molecule has 2 amide bonds. The number of carbonyl (C=O) groups excluding carboxylic acids is 2. The Morgan fingerprint density at radius 3 is 1.50 bits per heavy atom. The number of carbonyl (C=O) groups is 2. The van der Waals surface area contributed by atoms with Crippen LogP contribution in [0.5, 0.6) is 11.5 Å². The molecule has 0 aliphatic heterocycles. The molecule has 0 spiro atoms. The molecule has 0 aliphatic carbocycles. The summed E-state index contributed by atoms with van der Waals surface area (Å²) in [5.74, 6) is -0.467. The molecule has 4 N–H and O–H groups in total. The molecule has 3 rings (SSSR count). The summed E-state index contributed by atoms with van der Waals surface area (Å²) in [6.07, 6.45) is 0. The summed E-state index contributed by atoms with van der Waals surface area (Å²) in [6, 6.07) is 15.7. The van der Waals surface area contributed by atoms with Crippen molar-refractivity contribution in [3.05, 3.63) is 82.9 Å². The lowest BCUT2D eigenvalue weighted by Gasteiger charge is -2.11. The molecule has 0 fully saturated rings. The van der Waals surface area contributed by atoms with Gasteiger partial charge in [-0.1, -0.05) is 6.07 Å². The highest BCUT2D eigenvalue weighted by molar-refractivity contribution is 6.09. The first kappa shape index (κ1) is 19.0. The summed E-state index contributed by atoms with van der Waals surface area (Å²) < 4.78 is 0. The molecule has 0 saturated heterocycles. The highest BCUT2D eigenvalue weighted by atomic mass is 16.3. The predicted molar refractivity (Wildman–Crippen MR) is 108 cm³/mol. The number of aryl methyl sites for hydroxylation is 2. The minimum Gasteiger partial charge on any atom is -0.508 e. The summed E-state index contributed by atoms with van der Waals surface area (Å²) in [6.45, 7) is 3.55. The van der Waals surface area contributed by atoms with E-state index in [1.165, 1.54) is 18.2 Å². The van der Waals surface area contributed by atoms with E-state index in [1.54, 1.807) is 56.3 Å². The summed E-state index contributed by atoms with van der Waals surface area (Å²) in [5, 5.41) is 24.5. The van der Waals surface area contributed by atoms with Crippen molar-refractivity contribution in [2.75, 3.05) is 10.6 Å². The minimum atomic E-state index is -0.357. The average Bonchev–Trinajstić information content (AvgIpc) is 2.66. The normalized spacial score (nSPS) is 10.4. The van der Waals surface area contributed by atoms with Crippen LogP contribution in [0.3, 0.4) is 0 Å². The lowest BCUT2D eigenvalue weighted by Crippen LogP contribution is -2.16. The number of amides is 2. The molecule has 0 unspecified atom stereocenters. The number of anilines is 2. The number of benzene rings is 3. The maximum absolute atomic E-state index is 12.5. The van der Waals surface area contributed by atoms with E-state index >= 15 is 0 Å². The zero-order valence-corrected chi connectivity index (χ0v) is 15.5. The number of nitrogens with one attached hydrogen (secondary N) is 2. The Morgan fingerprint density at radius 1 is 0.679 bits per heavy atom. The van der Waals surface area contributed by atoms with Crippen molar-refractivity contribution >= 4 is 23.2 Å². The summed E-state index contributed by atoms with van der Waals surface area (Å²) in [7, 11) is 0.